The highest BCUT2D eigenvalue weighted by Crippen LogP contribution is 2.54. The molecule has 2 aliphatic heterocycles. The van der Waals surface area contributed by atoms with Crippen LogP contribution in [0.15, 0.2) is 41.3 Å². The molecule has 190 valence electrons. The van der Waals surface area contributed by atoms with Crippen molar-refractivity contribution in [1.82, 2.24) is 4.90 Å². The number of amides is 2. The Morgan fingerprint density at radius 1 is 1.17 bits per heavy atom. The molecule has 2 aromatic carbocycles. The fraction of sp³-hybridized carbons (Fsp3) is 0.360. The molecular weight excluding hydrogens is 486 g/mol. The van der Waals surface area contributed by atoms with Crippen LogP contribution in [-0.2, 0) is 20.2 Å². The van der Waals surface area contributed by atoms with E-state index in [1.54, 1.807) is 12.1 Å². The summed E-state index contributed by atoms with van der Waals surface area (Å²) in [4.78, 5) is 25.6. The Kier molecular flexibility index (Phi) is 5.82. The third-order valence-electron chi connectivity index (χ3n) is 7.27. The number of carbonyl (C=O) groups excluding carboxylic acids is 1. The number of nitrogens with one attached hydrogen (secondary N) is 2. The van der Waals surface area contributed by atoms with Gasteiger partial charge in [-0.2, -0.15) is 0 Å². The highest BCUT2D eigenvalue weighted by molar-refractivity contribution is 7.92. The molecule has 0 aromatic heterocycles. The van der Waals surface area contributed by atoms with Gasteiger partial charge < -0.3 is 24.8 Å². The monoisotopic (exact) mass is 513 g/mol. The van der Waals surface area contributed by atoms with E-state index in [1.165, 1.54) is 37.3 Å². The van der Waals surface area contributed by atoms with E-state index >= 15 is 0 Å². The maximum Gasteiger partial charge on any atom is 0.407 e. The summed E-state index contributed by atoms with van der Waals surface area (Å²) in [6.07, 6.45) is 3.57. The van der Waals surface area contributed by atoms with Gasteiger partial charge in [-0.1, -0.05) is 12.5 Å². The molecule has 10 nitrogen and oxygen atoms in total. The number of fused-ring (bicyclic) bond motifs is 2. The zero-order valence-electron chi connectivity index (χ0n) is 20.0. The van der Waals surface area contributed by atoms with E-state index in [9.17, 15) is 23.1 Å². The van der Waals surface area contributed by atoms with Crippen LogP contribution >= 0.6 is 0 Å². The van der Waals surface area contributed by atoms with E-state index in [4.69, 9.17) is 9.47 Å². The quantitative estimate of drug-likeness (QED) is 0.537. The van der Waals surface area contributed by atoms with Crippen molar-refractivity contribution in [1.29, 1.82) is 0 Å². The van der Waals surface area contributed by atoms with Crippen LogP contribution in [0.25, 0.3) is 5.57 Å². The lowest BCUT2D eigenvalue weighted by molar-refractivity contribution is -0.123. The van der Waals surface area contributed by atoms with Crippen molar-refractivity contribution in [2.45, 2.75) is 36.0 Å². The van der Waals surface area contributed by atoms with Crippen molar-refractivity contribution in [2.24, 2.45) is 0 Å². The molecule has 1 aliphatic carbocycles. The van der Waals surface area contributed by atoms with Gasteiger partial charge in [0.2, 0.25) is 5.91 Å². The minimum absolute atomic E-state index is 0.0469. The van der Waals surface area contributed by atoms with E-state index in [1.807, 2.05) is 6.08 Å². The number of carbonyl (C=O) groups is 2. The van der Waals surface area contributed by atoms with Crippen molar-refractivity contribution in [3.8, 4) is 11.5 Å². The van der Waals surface area contributed by atoms with Gasteiger partial charge in [-0.05, 0) is 54.7 Å². The Bertz CT molecular complexity index is 1400. The lowest BCUT2D eigenvalue weighted by Gasteiger charge is -2.36. The fourth-order valence-corrected chi connectivity index (χ4v) is 6.34. The second-order valence-corrected chi connectivity index (χ2v) is 10.8. The maximum absolute atomic E-state index is 13.4. The average Bonchev–Trinajstić information content (AvgIpc) is 3.14. The molecule has 0 saturated heterocycles. The number of rotatable bonds is 6. The Morgan fingerprint density at radius 2 is 1.94 bits per heavy atom. The van der Waals surface area contributed by atoms with Gasteiger partial charge in [0.25, 0.3) is 10.0 Å². The van der Waals surface area contributed by atoms with Gasteiger partial charge in [-0.25, -0.2) is 13.2 Å². The average molecular weight is 514 g/mol. The van der Waals surface area contributed by atoms with Crippen LogP contribution in [0.2, 0.25) is 0 Å². The lowest BCUT2D eigenvalue weighted by atomic mass is 9.65. The molecule has 3 aliphatic rings. The highest BCUT2D eigenvalue weighted by Gasteiger charge is 2.52. The van der Waals surface area contributed by atoms with Gasteiger partial charge >= 0.3 is 6.09 Å². The molecule has 11 heteroatoms. The normalized spacial score (nSPS) is 18.1. The van der Waals surface area contributed by atoms with E-state index in [-0.39, 0.29) is 23.1 Å². The van der Waals surface area contributed by atoms with Crippen LogP contribution in [-0.4, -0.2) is 57.7 Å². The molecule has 5 rings (SSSR count). The molecule has 3 N–H and O–H groups in total. The Hall–Kier alpha value is -3.73. The summed E-state index contributed by atoms with van der Waals surface area (Å²) in [6.45, 7) is 0.533. The largest absolute Gasteiger partial charge is 0.497 e. The SMILES string of the molecule is COc1ccc(S(=O)(=O)Nc2cc(C3=CCN(C(=O)O)CC3)c3c(c2)C2(CCC2)C(=O)N3)c(OC)c1. The number of carboxylic acid groups (broad SMARTS) is 1. The first kappa shape index (κ1) is 24.0. The fourth-order valence-electron chi connectivity index (χ4n) is 5.14. The smallest absolute Gasteiger partial charge is 0.407 e. The number of hydrogen-bond acceptors (Lipinski definition) is 6. The molecule has 36 heavy (non-hydrogen) atoms. The summed E-state index contributed by atoms with van der Waals surface area (Å²) in [6, 6.07) is 7.88. The first-order chi connectivity index (χ1) is 17.2. The van der Waals surface area contributed by atoms with Gasteiger partial charge in [0.05, 0.1) is 25.3 Å². The van der Waals surface area contributed by atoms with Gasteiger partial charge in [0, 0.05) is 30.4 Å². The van der Waals surface area contributed by atoms with Crippen LogP contribution in [0.1, 0.15) is 36.8 Å². The molecule has 1 spiro atoms. The number of nitrogens with zero attached hydrogens (tertiary/aromatic N) is 1. The Morgan fingerprint density at radius 3 is 2.53 bits per heavy atom. The van der Waals surface area contributed by atoms with Gasteiger partial charge in [-0.15, -0.1) is 0 Å². The molecule has 1 fully saturated rings. The summed E-state index contributed by atoms with van der Waals surface area (Å²) < 4.78 is 39.9. The zero-order valence-corrected chi connectivity index (χ0v) is 20.8. The molecular formula is C25H27N3O7S. The summed E-state index contributed by atoms with van der Waals surface area (Å²) in [5.74, 6) is 0.520. The summed E-state index contributed by atoms with van der Waals surface area (Å²) in [5.41, 5.74) is 2.69. The summed E-state index contributed by atoms with van der Waals surface area (Å²) >= 11 is 0. The van der Waals surface area contributed by atoms with Crippen molar-refractivity contribution in [3.63, 3.8) is 0 Å². The molecule has 2 amide bonds. The van der Waals surface area contributed by atoms with Crippen molar-refractivity contribution in [2.75, 3.05) is 37.3 Å². The molecule has 0 bridgehead atoms. The number of hydrogen-bond donors (Lipinski definition) is 3. The second-order valence-electron chi connectivity index (χ2n) is 9.17. The first-order valence-corrected chi connectivity index (χ1v) is 13.1. The number of anilines is 2. The highest BCUT2D eigenvalue weighted by atomic mass is 32.2. The molecule has 1 saturated carbocycles. The Balaban J connectivity index is 1.58. The third-order valence-corrected chi connectivity index (χ3v) is 8.69. The van der Waals surface area contributed by atoms with Crippen LogP contribution in [0.3, 0.4) is 0 Å². The Labute approximate surface area is 208 Å². The van der Waals surface area contributed by atoms with Crippen molar-refractivity contribution in [3.05, 3.63) is 47.5 Å². The maximum atomic E-state index is 13.4. The third kappa shape index (κ3) is 3.83. The van der Waals surface area contributed by atoms with Gasteiger partial charge in [0.1, 0.15) is 16.4 Å². The van der Waals surface area contributed by atoms with Gasteiger partial charge in [-0.3, -0.25) is 9.52 Å². The lowest BCUT2D eigenvalue weighted by Crippen LogP contribution is -2.40. The number of benzene rings is 2. The number of sulfonamides is 1. The van der Waals surface area contributed by atoms with Crippen molar-refractivity contribution < 1.29 is 32.6 Å². The van der Waals surface area contributed by atoms with Crippen LogP contribution < -0.4 is 19.5 Å². The predicted octanol–water partition coefficient (Wildman–Crippen LogP) is 3.65. The van der Waals surface area contributed by atoms with E-state index in [0.29, 0.717) is 48.5 Å². The van der Waals surface area contributed by atoms with E-state index < -0.39 is 21.5 Å². The first-order valence-electron chi connectivity index (χ1n) is 11.6. The zero-order chi connectivity index (χ0) is 25.7. The standard InChI is InChI=1S/C25H27N3O7S/c1-34-17-4-5-21(20(14-17)35-2)36(32,33)27-16-12-18(15-6-10-28(11-7-15)24(30)31)22-19(13-16)25(8-3-9-25)23(29)26-22/h4-6,12-14,27H,3,7-11H2,1-2H3,(H,26,29)(H,30,31). The summed E-state index contributed by atoms with van der Waals surface area (Å²) in [5, 5.41) is 12.3. The van der Waals surface area contributed by atoms with E-state index in [0.717, 1.165) is 17.6 Å². The van der Waals surface area contributed by atoms with Gasteiger partial charge in [0.15, 0.2) is 0 Å². The topological polar surface area (TPSA) is 134 Å². The molecule has 0 radical (unpaired) electrons. The summed E-state index contributed by atoms with van der Waals surface area (Å²) in [7, 11) is -1.18. The van der Waals surface area contributed by atoms with Crippen LogP contribution in [0.4, 0.5) is 16.2 Å². The minimum atomic E-state index is -4.05. The minimum Gasteiger partial charge on any atom is -0.497 e. The molecule has 2 aromatic rings. The second kappa shape index (κ2) is 8.74. The van der Waals surface area contributed by atoms with Crippen LogP contribution in [0.5, 0.6) is 11.5 Å². The number of methoxy groups -OCH3 is 2. The van der Waals surface area contributed by atoms with Crippen molar-refractivity contribution >= 4 is 39.0 Å². The predicted molar refractivity (Wildman–Crippen MR) is 133 cm³/mol. The molecule has 0 unspecified atom stereocenters. The van der Waals surface area contributed by atoms with E-state index in [2.05, 4.69) is 10.0 Å². The number of ether oxygens (including phenoxy) is 2. The van der Waals surface area contributed by atoms with Crippen LogP contribution in [0, 0.1) is 0 Å². The molecule has 0 atom stereocenters. The molecule has 2 heterocycles.